The van der Waals surface area contributed by atoms with Gasteiger partial charge in [-0.05, 0) is 26.3 Å². The summed E-state index contributed by atoms with van der Waals surface area (Å²) in [5, 5.41) is 0. The Morgan fingerprint density at radius 2 is 2.07 bits per heavy atom. The molecule has 4 nitrogen and oxygen atoms in total. The maximum atomic E-state index is 11.5. The van der Waals surface area contributed by atoms with E-state index in [2.05, 4.69) is 0 Å². The third-order valence-electron chi connectivity index (χ3n) is 2.52. The van der Waals surface area contributed by atoms with Gasteiger partial charge in [0, 0.05) is 12.7 Å². The van der Waals surface area contributed by atoms with Gasteiger partial charge in [0.15, 0.2) is 0 Å². The Morgan fingerprint density at radius 3 is 2.43 bits per heavy atom. The Morgan fingerprint density at radius 1 is 1.50 bits per heavy atom. The number of hydrogen-bond acceptors (Lipinski definition) is 3. The molecule has 0 atom stereocenters. The molecule has 1 aromatic rings. The standard InChI is InChI=1S/C10H16N2O2/c1-5-14-10(13)8-6(2)7(3)12(4)9(8)11/h5,11H2,1-4H3. The van der Waals surface area contributed by atoms with Gasteiger partial charge in [-0.3, -0.25) is 0 Å². The summed E-state index contributed by atoms with van der Waals surface area (Å²) in [5.74, 6) is 0.129. The molecule has 1 heterocycles. The van der Waals surface area contributed by atoms with Crippen LogP contribution in [0.4, 0.5) is 5.82 Å². The smallest absolute Gasteiger partial charge is 0.342 e. The SMILES string of the molecule is CCOC(=O)c1c(C)c(C)n(C)c1N. The number of aromatic nitrogens is 1. The summed E-state index contributed by atoms with van der Waals surface area (Å²) in [6.07, 6.45) is 0. The first-order chi connectivity index (χ1) is 6.50. The van der Waals surface area contributed by atoms with Gasteiger partial charge in [0.25, 0.3) is 0 Å². The Kier molecular flexibility index (Phi) is 2.84. The molecule has 1 aromatic heterocycles. The van der Waals surface area contributed by atoms with Crippen LogP contribution in [0.15, 0.2) is 0 Å². The highest BCUT2D eigenvalue weighted by atomic mass is 16.5. The van der Waals surface area contributed by atoms with Crippen molar-refractivity contribution in [3.05, 3.63) is 16.8 Å². The van der Waals surface area contributed by atoms with Crippen LogP contribution < -0.4 is 5.73 Å². The number of rotatable bonds is 2. The molecule has 2 N–H and O–H groups in total. The molecule has 0 radical (unpaired) electrons. The van der Waals surface area contributed by atoms with Crippen molar-refractivity contribution in [1.82, 2.24) is 4.57 Å². The quantitative estimate of drug-likeness (QED) is 0.727. The van der Waals surface area contributed by atoms with Crippen LogP contribution in [-0.4, -0.2) is 17.1 Å². The van der Waals surface area contributed by atoms with Crippen LogP contribution in [-0.2, 0) is 11.8 Å². The average Bonchev–Trinajstić information content (AvgIpc) is 2.32. The molecule has 0 unspecified atom stereocenters. The van der Waals surface area contributed by atoms with Gasteiger partial charge in [0.1, 0.15) is 11.4 Å². The number of nitrogen functional groups attached to an aromatic ring is 1. The average molecular weight is 196 g/mol. The molecule has 78 valence electrons. The van der Waals surface area contributed by atoms with E-state index in [-0.39, 0.29) is 5.97 Å². The summed E-state index contributed by atoms with van der Waals surface area (Å²) >= 11 is 0. The molecule has 0 amide bonds. The number of esters is 1. The second-order valence-corrected chi connectivity index (χ2v) is 3.25. The first kappa shape index (κ1) is 10.6. The van der Waals surface area contributed by atoms with Gasteiger partial charge < -0.3 is 15.0 Å². The van der Waals surface area contributed by atoms with Crippen LogP contribution in [0, 0.1) is 13.8 Å². The number of carbonyl (C=O) groups excluding carboxylic acids is 1. The number of hydrogen-bond donors (Lipinski definition) is 1. The van der Waals surface area contributed by atoms with E-state index in [4.69, 9.17) is 10.5 Å². The zero-order chi connectivity index (χ0) is 10.9. The minimum atomic E-state index is -0.341. The van der Waals surface area contributed by atoms with E-state index < -0.39 is 0 Å². The topological polar surface area (TPSA) is 57.2 Å². The predicted molar refractivity (Wildman–Crippen MR) is 55.3 cm³/mol. The van der Waals surface area contributed by atoms with Crippen molar-refractivity contribution >= 4 is 11.8 Å². The van der Waals surface area contributed by atoms with Gasteiger partial charge in [0.05, 0.1) is 6.61 Å². The molecule has 0 bridgehead atoms. The van der Waals surface area contributed by atoms with Crippen LogP contribution >= 0.6 is 0 Å². The van der Waals surface area contributed by atoms with Crippen molar-refractivity contribution in [2.45, 2.75) is 20.8 Å². The molecule has 1 rings (SSSR count). The highest BCUT2D eigenvalue weighted by Gasteiger charge is 2.20. The van der Waals surface area contributed by atoms with Gasteiger partial charge in [-0.25, -0.2) is 4.79 Å². The fraction of sp³-hybridized carbons (Fsp3) is 0.500. The maximum absolute atomic E-state index is 11.5. The van der Waals surface area contributed by atoms with Crippen molar-refractivity contribution in [3.63, 3.8) is 0 Å². The second kappa shape index (κ2) is 3.74. The maximum Gasteiger partial charge on any atom is 0.342 e. The van der Waals surface area contributed by atoms with Gasteiger partial charge >= 0.3 is 5.97 Å². The van der Waals surface area contributed by atoms with Crippen LogP contribution in [0.1, 0.15) is 28.5 Å². The monoisotopic (exact) mass is 196 g/mol. The molecule has 0 aliphatic heterocycles. The summed E-state index contributed by atoms with van der Waals surface area (Å²) in [4.78, 5) is 11.5. The van der Waals surface area contributed by atoms with Crippen molar-refractivity contribution in [2.24, 2.45) is 7.05 Å². The lowest BCUT2D eigenvalue weighted by Crippen LogP contribution is -2.08. The molecule has 0 saturated heterocycles. The zero-order valence-electron chi connectivity index (χ0n) is 9.05. The molecule has 0 aliphatic carbocycles. The molecule has 0 aromatic carbocycles. The predicted octanol–water partition coefficient (Wildman–Crippen LogP) is 1.40. The number of ether oxygens (including phenoxy) is 1. The van der Waals surface area contributed by atoms with Gasteiger partial charge in [-0.1, -0.05) is 0 Å². The van der Waals surface area contributed by atoms with Crippen molar-refractivity contribution < 1.29 is 9.53 Å². The Balaban J connectivity index is 3.21. The van der Waals surface area contributed by atoms with Crippen LogP contribution in [0.3, 0.4) is 0 Å². The number of nitrogens with zero attached hydrogens (tertiary/aromatic N) is 1. The summed E-state index contributed by atoms with van der Waals surface area (Å²) in [5.41, 5.74) is 8.17. The molecular formula is C10H16N2O2. The summed E-state index contributed by atoms with van der Waals surface area (Å²) < 4.78 is 6.72. The fourth-order valence-electron chi connectivity index (χ4n) is 1.43. The van der Waals surface area contributed by atoms with E-state index in [1.165, 1.54) is 0 Å². The molecule has 0 spiro atoms. The molecule has 0 fully saturated rings. The number of anilines is 1. The lowest BCUT2D eigenvalue weighted by Gasteiger charge is -2.02. The minimum Gasteiger partial charge on any atom is -0.462 e. The number of carbonyl (C=O) groups is 1. The summed E-state index contributed by atoms with van der Waals surface area (Å²) in [7, 11) is 1.83. The highest BCUT2D eigenvalue weighted by molar-refractivity contribution is 5.96. The summed E-state index contributed by atoms with van der Waals surface area (Å²) in [6, 6.07) is 0. The van der Waals surface area contributed by atoms with Gasteiger partial charge in [-0.2, -0.15) is 0 Å². The first-order valence-electron chi connectivity index (χ1n) is 4.59. The lowest BCUT2D eigenvalue weighted by molar-refractivity contribution is 0.0527. The van der Waals surface area contributed by atoms with Gasteiger partial charge in [0.2, 0.25) is 0 Å². The van der Waals surface area contributed by atoms with Crippen LogP contribution in [0.2, 0.25) is 0 Å². The van der Waals surface area contributed by atoms with E-state index in [1.807, 2.05) is 20.9 Å². The van der Waals surface area contributed by atoms with Crippen LogP contribution in [0.25, 0.3) is 0 Å². The van der Waals surface area contributed by atoms with E-state index in [1.54, 1.807) is 11.5 Å². The van der Waals surface area contributed by atoms with Crippen molar-refractivity contribution in [1.29, 1.82) is 0 Å². The van der Waals surface area contributed by atoms with E-state index >= 15 is 0 Å². The van der Waals surface area contributed by atoms with E-state index in [9.17, 15) is 4.79 Å². The minimum absolute atomic E-state index is 0.341. The molecular weight excluding hydrogens is 180 g/mol. The van der Waals surface area contributed by atoms with E-state index in [0.717, 1.165) is 11.3 Å². The number of nitrogens with two attached hydrogens (primary N) is 1. The fourth-order valence-corrected chi connectivity index (χ4v) is 1.43. The lowest BCUT2D eigenvalue weighted by atomic mass is 10.1. The molecule has 0 saturated carbocycles. The Bertz CT molecular complexity index is 341. The van der Waals surface area contributed by atoms with Crippen molar-refractivity contribution in [2.75, 3.05) is 12.3 Å². The van der Waals surface area contributed by atoms with Crippen LogP contribution in [0.5, 0.6) is 0 Å². The molecule has 0 aliphatic rings. The normalized spacial score (nSPS) is 10.3. The van der Waals surface area contributed by atoms with Crippen molar-refractivity contribution in [3.8, 4) is 0 Å². The third-order valence-corrected chi connectivity index (χ3v) is 2.52. The zero-order valence-corrected chi connectivity index (χ0v) is 9.05. The third kappa shape index (κ3) is 1.47. The summed E-state index contributed by atoms with van der Waals surface area (Å²) in [6.45, 7) is 5.94. The largest absolute Gasteiger partial charge is 0.462 e. The first-order valence-corrected chi connectivity index (χ1v) is 4.59. The highest BCUT2D eigenvalue weighted by Crippen LogP contribution is 2.23. The molecule has 14 heavy (non-hydrogen) atoms. The van der Waals surface area contributed by atoms with Gasteiger partial charge in [-0.15, -0.1) is 0 Å². The Labute approximate surface area is 83.7 Å². The van der Waals surface area contributed by atoms with E-state index in [0.29, 0.717) is 18.0 Å². The second-order valence-electron chi connectivity index (χ2n) is 3.25. The Hall–Kier alpha value is -1.45. The molecule has 4 heteroatoms.